The lowest BCUT2D eigenvalue weighted by Gasteiger charge is -2.33. The van der Waals surface area contributed by atoms with Crippen molar-refractivity contribution >= 4 is 34.9 Å². The Labute approximate surface area is 192 Å². The van der Waals surface area contributed by atoms with E-state index in [0.29, 0.717) is 41.7 Å². The third-order valence-electron chi connectivity index (χ3n) is 6.10. The number of fused-ring (bicyclic) bond motifs is 3. The predicted octanol–water partition coefficient (Wildman–Crippen LogP) is 3.60. The second-order valence-corrected chi connectivity index (χ2v) is 9.16. The number of esters is 1. The summed E-state index contributed by atoms with van der Waals surface area (Å²) in [7, 11) is 0. The van der Waals surface area contributed by atoms with E-state index in [0.717, 1.165) is 37.7 Å². The van der Waals surface area contributed by atoms with Crippen LogP contribution < -0.4 is 5.56 Å². The summed E-state index contributed by atoms with van der Waals surface area (Å²) < 4.78 is 11.2. The lowest BCUT2D eigenvalue weighted by atomic mass is 10.0. The normalized spacial score (nSPS) is 17.4. The van der Waals surface area contributed by atoms with Gasteiger partial charge < -0.3 is 4.74 Å². The number of rotatable bonds is 7. The molecule has 0 amide bonds. The van der Waals surface area contributed by atoms with E-state index in [9.17, 15) is 9.59 Å². The second kappa shape index (κ2) is 9.54. The molecule has 0 spiro atoms. The average molecular weight is 458 g/mol. The Bertz CT molecular complexity index is 1240. The van der Waals surface area contributed by atoms with Gasteiger partial charge in [-0.05, 0) is 56.5 Å². The molecule has 8 nitrogen and oxygen atoms in total. The Kier molecular flexibility index (Phi) is 6.76. The maximum Gasteiger partial charge on any atom is 0.323 e. The van der Waals surface area contributed by atoms with Crippen molar-refractivity contribution in [3.05, 3.63) is 39.4 Å². The number of ether oxygens (including phenoxy) is 1. The summed E-state index contributed by atoms with van der Waals surface area (Å²) >= 11 is 5.82. The van der Waals surface area contributed by atoms with Crippen LogP contribution in [0.1, 0.15) is 46.5 Å². The van der Waals surface area contributed by atoms with Gasteiger partial charge in [0.2, 0.25) is 10.5 Å². The number of likely N-dealkylation sites (tertiary alicyclic amines) is 1. The maximum atomic E-state index is 13.3. The van der Waals surface area contributed by atoms with Crippen LogP contribution in [0.2, 0.25) is 0 Å². The molecular weight excluding hydrogens is 426 g/mol. The van der Waals surface area contributed by atoms with Crippen LogP contribution in [-0.4, -0.2) is 48.8 Å². The summed E-state index contributed by atoms with van der Waals surface area (Å²) in [5, 5.41) is 5.41. The first kappa shape index (κ1) is 22.7. The molecule has 0 N–H and O–H groups in total. The molecule has 9 heteroatoms. The second-order valence-electron chi connectivity index (χ2n) is 8.79. The third kappa shape index (κ3) is 4.23. The summed E-state index contributed by atoms with van der Waals surface area (Å²) in [6, 6.07) is 7.22. The van der Waals surface area contributed by atoms with Gasteiger partial charge in [0.25, 0.3) is 5.56 Å². The van der Waals surface area contributed by atoms with E-state index in [-0.39, 0.29) is 17.6 Å². The maximum absolute atomic E-state index is 13.3. The number of aromatic nitrogens is 4. The Morgan fingerprint density at radius 1 is 1.28 bits per heavy atom. The number of carbonyl (C=O) groups excluding carboxylic acids is 1. The van der Waals surface area contributed by atoms with E-state index >= 15 is 0 Å². The molecule has 0 radical (unpaired) electrons. The highest BCUT2D eigenvalue weighted by molar-refractivity contribution is 7.71. The third-order valence-corrected chi connectivity index (χ3v) is 6.50. The van der Waals surface area contributed by atoms with Crippen LogP contribution >= 0.6 is 12.2 Å². The summed E-state index contributed by atoms with van der Waals surface area (Å²) in [5.74, 6) is 0.808. The summed E-state index contributed by atoms with van der Waals surface area (Å²) in [6.45, 7) is 8.21. The molecule has 1 atom stereocenters. The molecule has 2 aromatic heterocycles. The lowest BCUT2D eigenvalue weighted by Crippen LogP contribution is -2.46. The van der Waals surface area contributed by atoms with Crippen LogP contribution in [0.5, 0.6) is 0 Å². The molecule has 1 aromatic carbocycles. The molecule has 4 rings (SSSR count). The highest BCUT2D eigenvalue weighted by atomic mass is 32.1. The molecule has 3 aromatic rings. The minimum absolute atomic E-state index is 0.0525. The fourth-order valence-electron chi connectivity index (χ4n) is 4.39. The van der Waals surface area contributed by atoms with Crippen LogP contribution in [0.3, 0.4) is 0 Å². The quantitative estimate of drug-likeness (QED) is 0.399. The summed E-state index contributed by atoms with van der Waals surface area (Å²) in [6.07, 6.45) is 3.64. The van der Waals surface area contributed by atoms with Gasteiger partial charge in [-0.3, -0.25) is 23.5 Å². The van der Waals surface area contributed by atoms with Gasteiger partial charge in [0.1, 0.15) is 6.04 Å². The van der Waals surface area contributed by atoms with Gasteiger partial charge in [-0.2, -0.15) is 0 Å². The van der Waals surface area contributed by atoms with E-state index in [1.165, 1.54) is 0 Å². The zero-order chi connectivity index (χ0) is 22.8. The molecule has 1 fully saturated rings. The highest BCUT2D eigenvalue weighted by Gasteiger charge is 2.30. The van der Waals surface area contributed by atoms with Crippen molar-refractivity contribution in [2.45, 2.75) is 65.7 Å². The minimum atomic E-state index is -0.296. The largest absolute Gasteiger partial charge is 0.465 e. The van der Waals surface area contributed by atoms with Crippen LogP contribution in [0.4, 0.5) is 0 Å². The number of aryl methyl sites for hydroxylation is 1. The smallest absolute Gasteiger partial charge is 0.323 e. The van der Waals surface area contributed by atoms with Crippen LogP contribution in [0.15, 0.2) is 29.1 Å². The van der Waals surface area contributed by atoms with Gasteiger partial charge in [-0.15, -0.1) is 5.10 Å². The molecule has 32 heavy (non-hydrogen) atoms. The van der Waals surface area contributed by atoms with Crippen LogP contribution in [-0.2, 0) is 22.7 Å². The first-order valence-electron chi connectivity index (χ1n) is 11.4. The zero-order valence-electron chi connectivity index (χ0n) is 19.0. The first-order chi connectivity index (χ1) is 15.4. The Hall–Kier alpha value is -2.52. The lowest BCUT2D eigenvalue weighted by molar-refractivity contribution is -0.151. The Balaban J connectivity index is 1.81. The van der Waals surface area contributed by atoms with Crippen LogP contribution in [0, 0.1) is 10.7 Å². The first-order valence-corrected chi connectivity index (χ1v) is 11.8. The SMILES string of the molecule is CCOC(=O)C1CCCCN1Cn1nc2n(CCC(C)C)c(=O)c3ccccc3n2c1=S. The number of piperidine rings is 1. The monoisotopic (exact) mass is 457 g/mol. The van der Waals surface area contributed by atoms with Crippen molar-refractivity contribution in [2.24, 2.45) is 5.92 Å². The number of nitrogens with zero attached hydrogens (tertiary/aromatic N) is 5. The Morgan fingerprint density at radius 2 is 2.06 bits per heavy atom. The van der Waals surface area contributed by atoms with Gasteiger partial charge in [-0.25, -0.2) is 4.68 Å². The van der Waals surface area contributed by atoms with Crippen molar-refractivity contribution in [3.63, 3.8) is 0 Å². The molecule has 0 aliphatic carbocycles. The molecule has 172 valence electrons. The molecular formula is C23H31N5O3S. The average Bonchev–Trinajstić information content (AvgIpc) is 3.10. The van der Waals surface area contributed by atoms with Crippen molar-refractivity contribution in [1.29, 1.82) is 0 Å². The molecule has 0 saturated carbocycles. The van der Waals surface area contributed by atoms with Crippen molar-refractivity contribution in [1.82, 2.24) is 23.6 Å². The van der Waals surface area contributed by atoms with Crippen molar-refractivity contribution in [3.8, 4) is 0 Å². The fourth-order valence-corrected chi connectivity index (χ4v) is 4.66. The van der Waals surface area contributed by atoms with Crippen molar-refractivity contribution in [2.75, 3.05) is 13.2 Å². The van der Waals surface area contributed by atoms with Crippen LogP contribution in [0.25, 0.3) is 16.7 Å². The number of hydrogen-bond donors (Lipinski definition) is 0. The predicted molar refractivity (Wildman–Crippen MR) is 126 cm³/mol. The summed E-state index contributed by atoms with van der Waals surface area (Å²) in [5.41, 5.74) is 0.702. The molecule has 1 unspecified atom stereocenters. The summed E-state index contributed by atoms with van der Waals surface area (Å²) in [4.78, 5) is 27.9. The number of benzene rings is 1. The van der Waals surface area contributed by atoms with Crippen molar-refractivity contribution < 1.29 is 9.53 Å². The van der Waals surface area contributed by atoms with Gasteiger partial charge in [0.15, 0.2) is 0 Å². The fraction of sp³-hybridized carbons (Fsp3) is 0.565. The number of hydrogen-bond acceptors (Lipinski definition) is 6. The van der Waals surface area contributed by atoms with Gasteiger partial charge in [-0.1, -0.05) is 32.4 Å². The number of carbonyl (C=O) groups is 1. The molecule has 3 heterocycles. The minimum Gasteiger partial charge on any atom is -0.465 e. The Morgan fingerprint density at radius 3 is 2.81 bits per heavy atom. The molecule has 1 saturated heterocycles. The van der Waals surface area contributed by atoms with Gasteiger partial charge in [0, 0.05) is 13.1 Å². The van der Waals surface area contributed by atoms with E-state index < -0.39 is 0 Å². The van der Waals surface area contributed by atoms with E-state index in [1.807, 2.05) is 35.6 Å². The van der Waals surface area contributed by atoms with E-state index in [1.54, 1.807) is 9.25 Å². The topological polar surface area (TPSA) is 73.8 Å². The zero-order valence-corrected chi connectivity index (χ0v) is 19.8. The van der Waals surface area contributed by atoms with Gasteiger partial charge in [0.05, 0.1) is 24.2 Å². The standard InChI is InChI=1S/C23H31N5O3S/c1-4-31-21(30)19-11-7-8-13-25(19)15-27-23(32)28-18-10-6-5-9-17(18)20(29)26(22(28)24-27)14-12-16(2)3/h5-6,9-10,16,19H,4,7-8,11-15H2,1-3H3. The van der Waals surface area contributed by atoms with E-state index in [2.05, 4.69) is 18.7 Å². The highest BCUT2D eigenvalue weighted by Crippen LogP contribution is 2.21. The molecule has 1 aliphatic heterocycles. The van der Waals surface area contributed by atoms with E-state index in [4.69, 9.17) is 22.1 Å². The molecule has 0 bridgehead atoms. The number of para-hydroxylation sites is 1. The van der Waals surface area contributed by atoms with Gasteiger partial charge >= 0.3 is 5.97 Å². The molecule has 1 aliphatic rings.